The summed E-state index contributed by atoms with van der Waals surface area (Å²) in [5, 5.41) is 4.69. The van der Waals surface area contributed by atoms with Crippen molar-refractivity contribution < 1.29 is 4.42 Å². The molecule has 0 unspecified atom stereocenters. The lowest BCUT2D eigenvalue weighted by Gasteiger charge is -2.32. The number of hydrogen-bond donors (Lipinski definition) is 0. The Labute approximate surface area is 305 Å². The van der Waals surface area contributed by atoms with E-state index in [0.29, 0.717) is 0 Å². The maximum absolute atomic E-state index is 6.52. The van der Waals surface area contributed by atoms with Gasteiger partial charge >= 0.3 is 0 Å². The highest BCUT2D eigenvalue weighted by molar-refractivity contribution is 6.10. The summed E-state index contributed by atoms with van der Waals surface area (Å²) in [6.07, 6.45) is 0. The number of para-hydroxylation sites is 2. The van der Waals surface area contributed by atoms with E-state index in [9.17, 15) is 0 Å². The quantitative estimate of drug-likeness (QED) is 0.175. The molecule has 2 heteroatoms. The monoisotopic (exact) mass is 669 g/mol. The highest BCUT2D eigenvalue weighted by atomic mass is 16.3. The van der Waals surface area contributed by atoms with Crippen molar-refractivity contribution in [2.24, 2.45) is 0 Å². The molecule has 0 radical (unpaired) electrons. The minimum atomic E-state index is -0.0575. The number of benzene rings is 8. The molecule has 250 valence electrons. The lowest BCUT2D eigenvalue weighted by atomic mass is 9.85. The second-order valence-corrected chi connectivity index (χ2v) is 14.6. The summed E-state index contributed by atoms with van der Waals surface area (Å²) in [7, 11) is 0. The Morgan fingerprint density at radius 2 is 1.04 bits per heavy atom. The highest BCUT2D eigenvalue weighted by Gasteiger charge is 2.25. The lowest BCUT2D eigenvalue weighted by Crippen LogP contribution is -2.16. The molecule has 0 fully saturated rings. The van der Waals surface area contributed by atoms with Crippen molar-refractivity contribution in [2.45, 2.75) is 26.2 Å². The van der Waals surface area contributed by atoms with Gasteiger partial charge in [0.05, 0.1) is 11.4 Å². The zero-order valence-electron chi connectivity index (χ0n) is 29.7. The molecule has 0 bridgehead atoms. The van der Waals surface area contributed by atoms with Crippen molar-refractivity contribution in [3.05, 3.63) is 188 Å². The zero-order chi connectivity index (χ0) is 35.2. The first kappa shape index (κ1) is 31.6. The van der Waals surface area contributed by atoms with E-state index in [0.717, 1.165) is 50.1 Å². The normalized spacial score (nSPS) is 11.8. The van der Waals surface area contributed by atoms with Crippen LogP contribution in [0.15, 0.2) is 186 Å². The molecule has 2 nitrogen and oxygen atoms in total. The number of fused-ring (bicyclic) bond motifs is 4. The minimum absolute atomic E-state index is 0.0575. The van der Waals surface area contributed by atoms with Crippen LogP contribution >= 0.6 is 0 Å². The zero-order valence-corrected chi connectivity index (χ0v) is 29.7. The maximum Gasteiger partial charge on any atom is 0.137 e. The van der Waals surface area contributed by atoms with Crippen LogP contribution in [0.2, 0.25) is 0 Å². The molecule has 9 aromatic rings. The van der Waals surface area contributed by atoms with Crippen molar-refractivity contribution in [1.82, 2.24) is 0 Å². The van der Waals surface area contributed by atoms with Crippen molar-refractivity contribution in [1.29, 1.82) is 0 Å². The number of rotatable bonds is 6. The van der Waals surface area contributed by atoms with E-state index in [-0.39, 0.29) is 5.41 Å². The maximum atomic E-state index is 6.52. The van der Waals surface area contributed by atoms with Gasteiger partial charge in [-0.3, -0.25) is 0 Å². The van der Waals surface area contributed by atoms with Gasteiger partial charge in [-0.25, -0.2) is 0 Å². The molecule has 9 rings (SSSR count). The first-order valence-corrected chi connectivity index (χ1v) is 18.0. The average Bonchev–Trinajstić information content (AvgIpc) is 3.56. The van der Waals surface area contributed by atoms with E-state index >= 15 is 0 Å². The Bertz CT molecular complexity index is 2710. The predicted molar refractivity (Wildman–Crippen MR) is 221 cm³/mol. The van der Waals surface area contributed by atoms with E-state index in [2.05, 4.69) is 196 Å². The van der Waals surface area contributed by atoms with Gasteiger partial charge in [-0.15, -0.1) is 0 Å². The van der Waals surface area contributed by atoms with E-state index in [1.165, 1.54) is 38.6 Å². The fourth-order valence-electron chi connectivity index (χ4n) is 7.63. The smallest absolute Gasteiger partial charge is 0.137 e. The average molecular weight is 670 g/mol. The van der Waals surface area contributed by atoms with Crippen LogP contribution in [0.3, 0.4) is 0 Å². The third kappa shape index (κ3) is 5.54. The van der Waals surface area contributed by atoms with E-state index in [4.69, 9.17) is 4.42 Å². The van der Waals surface area contributed by atoms with Gasteiger partial charge in [0.2, 0.25) is 0 Å². The molecule has 52 heavy (non-hydrogen) atoms. The standard InChI is InChI=1S/C50H39NO/c1-50(2,3)37-28-30-39(34-16-6-4-7-17-34)46(32-37)51(38-29-31-43-42-23-11-13-27-47(42)52-48(43)33-38)45-26-12-10-22-41(45)44-25-15-21-36-20-14-24-40(49(36)44)35-18-8-5-9-19-35/h4-33H,1-3H3. The van der Waals surface area contributed by atoms with Gasteiger partial charge in [0.1, 0.15) is 11.2 Å². The molecule has 0 atom stereocenters. The van der Waals surface area contributed by atoms with Crippen LogP contribution in [-0.4, -0.2) is 0 Å². The third-order valence-electron chi connectivity index (χ3n) is 10.2. The Balaban J connectivity index is 1.36. The number of hydrogen-bond acceptors (Lipinski definition) is 2. The molecule has 0 aliphatic rings. The van der Waals surface area contributed by atoms with Crippen LogP contribution in [0.4, 0.5) is 17.1 Å². The summed E-state index contributed by atoms with van der Waals surface area (Å²) in [5.41, 5.74) is 13.3. The van der Waals surface area contributed by atoms with Gasteiger partial charge in [0, 0.05) is 33.7 Å². The van der Waals surface area contributed by atoms with Gasteiger partial charge in [0.25, 0.3) is 0 Å². The van der Waals surface area contributed by atoms with Crippen LogP contribution in [0.1, 0.15) is 26.3 Å². The molecule has 1 aromatic heterocycles. The Kier molecular flexibility index (Phi) is 7.74. The minimum Gasteiger partial charge on any atom is -0.456 e. The highest BCUT2D eigenvalue weighted by Crippen LogP contribution is 2.48. The third-order valence-corrected chi connectivity index (χ3v) is 10.2. The fourth-order valence-corrected chi connectivity index (χ4v) is 7.63. The van der Waals surface area contributed by atoms with Crippen molar-refractivity contribution in [3.8, 4) is 33.4 Å². The summed E-state index contributed by atoms with van der Waals surface area (Å²) >= 11 is 0. The van der Waals surface area contributed by atoms with Crippen LogP contribution in [0.5, 0.6) is 0 Å². The summed E-state index contributed by atoms with van der Waals surface area (Å²) in [4.78, 5) is 2.45. The summed E-state index contributed by atoms with van der Waals surface area (Å²) < 4.78 is 6.52. The molecule has 0 N–H and O–H groups in total. The van der Waals surface area contributed by atoms with Crippen LogP contribution in [-0.2, 0) is 5.41 Å². The molecular weight excluding hydrogens is 631 g/mol. The SMILES string of the molecule is CC(C)(C)c1ccc(-c2ccccc2)c(N(c2ccc3c(c2)oc2ccccc23)c2ccccc2-c2cccc3cccc(-c4ccccc4)c23)c1. The molecule has 1 heterocycles. The molecule has 0 saturated heterocycles. The molecule has 0 aliphatic heterocycles. The molecule has 8 aromatic carbocycles. The fraction of sp³-hybridized carbons (Fsp3) is 0.0800. The number of furan rings is 1. The van der Waals surface area contributed by atoms with Gasteiger partial charge in [-0.2, -0.15) is 0 Å². The molecule has 0 aliphatic carbocycles. The van der Waals surface area contributed by atoms with Gasteiger partial charge in [0.15, 0.2) is 0 Å². The molecule has 0 amide bonds. The molecule has 0 spiro atoms. The predicted octanol–water partition coefficient (Wildman–Crippen LogP) is 14.5. The van der Waals surface area contributed by atoms with E-state index < -0.39 is 0 Å². The van der Waals surface area contributed by atoms with Crippen LogP contribution in [0, 0.1) is 0 Å². The Morgan fingerprint density at radius 1 is 0.423 bits per heavy atom. The van der Waals surface area contributed by atoms with Gasteiger partial charge in [-0.05, 0) is 74.3 Å². The van der Waals surface area contributed by atoms with Gasteiger partial charge < -0.3 is 9.32 Å². The molecule has 0 saturated carbocycles. The van der Waals surface area contributed by atoms with Crippen LogP contribution < -0.4 is 4.90 Å². The van der Waals surface area contributed by atoms with E-state index in [1.807, 2.05) is 12.1 Å². The topological polar surface area (TPSA) is 16.4 Å². The van der Waals surface area contributed by atoms with Crippen molar-refractivity contribution >= 4 is 49.8 Å². The number of anilines is 3. The Hall–Kier alpha value is -6.38. The molecular formula is C50H39NO. The van der Waals surface area contributed by atoms with Gasteiger partial charge in [-0.1, -0.05) is 166 Å². The van der Waals surface area contributed by atoms with Crippen molar-refractivity contribution in [3.63, 3.8) is 0 Å². The van der Waals surface area contributed by atoms with Crippen LogP contribution in [0.25, 0.3) is 66.1 Å². The first-order valence-electron chi connectivity index (χ1n) is 18.0. The second-order valence-electron chi connectivity index (χ2n) is 14.6. The summed E-state index contributed by atoms with van der Waals surface area (Å²) in [6.45, 7) is 6.86. The summed E-state index contributed by atoms with van der Waals surface area (Å²) in [5.74, 6) is 0. The van der Waals surface area contributed by atoms with E-state index in [1.54, 1.807) is 0 Å². The largest absolute Gasteiger partial charge is 0.456 e. The first-order chi connectivity index (χ1) is 25.4. The second kappa shape index (κ2) is 12.7. The van der Waals surface area contributed by atoms with Crippen molar-refractivity contribution in [2.75, 3.05) is 4.90 Å². The summed E-state index contributed by atoms with van der Waals surface area (Å²) in [6, 6.07) is 65.6. The number of nitrogens with zero attached hydrogens (tertiary/aromatic N) is 1. The lowest BCUT2D eigenvalue weighted by molar-refractivity contribution is 0.590. The Morgan fingerprint density at radius 3 is 1.79 bits per heavy atom.